The number of H-pyrrole nitrogens is 1. The van der Waals surface area contributed by atoms with Crippen LogP contribution in [0.4, 0.5) is 10.1 Å². The normalized spacial score (nSPS) is 10.7. The van der Waals surface area contributed by atoms with E-state index in [1.165, 1.54) is 13.0 Å². The molecule has 4 N–H and O–H groups in total. The van der Waals surface area contributed by atoms with Crippen LogP contribution in [0.1, 0.15) is 33.3 Å². The summed E-state index contributed by atoms with van der Waals surface area (Å²) < 4.78 is 19.4. The van der Waals surface area contributed by atoms with Gasteiger partial charge < -0.3 is 20.8 Å². The maximum absolute atomic E-state index is 14.0. The summed E-state index contributed by atoms with van der Waals surface area (Å²) in [6.07, 6.45) is 0. The van der Waals surface area contributed by atoms with Gasteiger partial charge in [0.15, 0.2) is 0 Å². The lowest BCUT2D eigenvalue weighted by atomic mass is 10.1. The smallest absolute Gasteiger partial charge is 0.272 e. The number of nitrogens with one attached hydrogen (secondary N) is 2. The molecule has 0 saturated carbocycles. The number of aromatic nitrogens is 1. The monoisotopic (exact) mass is 355 g/mol. The van der Waals surface area contributed by atoms with Gasteiger partial charge in [-0.1, -0.05) is 0 Å². The second kappa shape index (κ2) is 6.87. The molecule has 1 heterocycles. The number of amides is 2. The zero-order valence-electron chi connectivity index (χ0n) is 14.4. The topological polar surface area (TPSA) is 97.2 Å². The summed E-state index contributed by atoms with van der Waals surface area (Å²) >= 11 is 0. The largest absolute Gasteiger partial charge is 0.494 e. The van der Waals surface area contributed by atoms with Gasteiger partial charge in [0.25, 0.3) is 5.91 Å². The van der Waals surface area contributed by atoms with Crippen LogP contribution in [-0.2, 0) is 0 Å². The summed E-state index contributed by atoms with van der Waals surface area (Å²) in [5.41, 5.74) is 6.65. The number of nitrogens with two attached hydrogens (primary N) is 1. The number of fused-ring (bicyclic) bond motifs is 1. The Balaban J connectivity index is 1.90. The van der Waals surface area contributed by atoms with Crippen molar-refractivity contribution in [2.75, 3.05) is 11.9 Å². The lowest BCUT2D eigenvalue weighted by Crippen LogP contribution is -2.16. The van der Waals surface area contributed by atoms with Crippen molar-refractivity contribution in [2.24, 2.45) is 5.73 Å². The maximum Gasteiger partial charge on any atom is 0.272 e. The van der Waals surface area contributed by atoms with Gasteiger partial charge in [0, 0.05) is 33.8 Å². The number of hydrogen-bond donors (Lipinski definition) is 3. The Morgan fingerprint density at radius 1 is 1.23 bits per heavy atom. The van der Waals surface area contributed by atoms with Gasteiger partial charge in [-0.25, -0.2) is 4.39 Å². The third-order valence-corrected chi connectivity index (χ3v) is 4.03. The summed E-state index contributed by atoms with van der Waals surface area (Å²) in [6.45, 7) is 3.94. The van der Waals surface area contributed by atoms with Crippen molar-refractivity contribution in [1.82, 2.24) is 4.98 Å². The number of ether oxygens (including phenoxy) is 1. The van der Waals surface area contributed by atoms with Crippen molar-refractivity contribution in [2.45, 2.75) is 13.8 Å². The van der Waals surface area contributed by atoms with Crippen molar-refractivity contribution >= 4 is 28.4 Å². The van der Waals surface area contributed by atoms with Crippen LogP contribution in [0.2, 0.25) is 0 Å². The molecule has 0 radical (unpaired) electrons. The van der Waals surface area contributed by atoms with Gasteiger partial charge in [-0.15, -0.1) is 0 Å². The molecule has 6 nitrogen and oxygen atoms in total. The molecular weight excluding hydrogens is 337 g/mol. The summed E-state index contributed by atoms with van der Waals surface area (Å²) in [5, 5.41) is 3.45. The number of benzene rings is 2. The predicted octanol–water partition coefficient (Wildman–Crippen LogP) is 3.37. The Hall–Kier alpha value is -3.35. The Labute approximate surface area is 149 Å². The number of rotatable bonds is 5. The molecule has 2 aromatic carbocycles. The molecule has 1 aromatic heterocycles. The number of primary amides is 1. The molecule has 0 fully saturated rings. The summed E-state index contributed by atoms with van der Waals surface area (Å²) in [6, 6.07) is 9.54. The number of aromatic amines is 1. The average Bonchev–Trinajstić information content (AvgIpc) is 3.02. The van der Waals surface area contributed by atoms with Gasteiger partial charge in [-0.2, -0.15) is 0 Å². The Kier molecular flexibility index (Phi) is 4.62. The van der Waals surface area contributed by atoms with Crippen molar-refractivity contribution in [3.8, 4) is 5.75 Å². The number of carbonyl (C=O) groups excluding carboxylic acids is 2. The molecule has 0 aliphatic heterocycles. The van der Waals surface area contributed by atoms with E-state index in [2.05, 4.69) is 10.3 Å². The molecule has 0 spiro atoms. The van der Waals surface area contributed by atoms with Crippen LogP contribution in [0, 0.1) is 12.7 Å². The molecule has 2 amide bonds. The fourth-order valence-electron chi connectivity index (χ4n) is 2.63. The Bertz CT molecular complexity index is 1010. The summed E-state index contributed by atoms with van der Waals surface area (Å²) in [5.74, 6) is -1.15. The first-order chi connectivity index (χ1) is 12.4. The third-order valence-electron chi connectivity index (χ3n) is 4.03. The Morgan fingerprint density at radius 3 is 2.69 bits per heavy atom. The number of carbonyl (C=O) groups is 2. The van der Waals surface area contributed by atoms with Crippen LogP contribution in [-0.4, -0.2) is 23.4 Å². The lowest BCUT2D eigenvalue weighted by Gasteiger charge is -2.10. The van der Waals surface area contributed by atoms with Crippen LogP contribution in [0.15, 0.2) is 36.4 Å². The maximum atomic E-state index is 14.0. The molecule has 26 heavy (non-hydrogen) atoms. The van der Waals surface area contributed by atoms with E-state index in [0.717, 1.165) is 17.0 Å². The summed E-state index contributed by atoms with van der Waals surface area (Å²) in [4.78, 5) is 26.8. The van der Waals surface area contributed by atoms with Gasteiger partial charge in [-0.3, -0.25) is 9.59 Å². The van der Waals surface area contributed by atoms with Gasteiger partial charge >= 0.3 is 0 Å². The minimum Gasteiger partial charge on any atom is -0.494 e. The second-order valence-corrected chi connectivity index (χ2v) is 5.81. The predicted molar refractivity (Wildman–Crippen MR) is 97.1 cm³/mol. The van der Waals surface area contributed by atoms with E-state index in [1.807, 2.05) is 19.1 Å². The van der Waals surface area contributed by atoms with E-state index >= 15 is 0 Å². The molecule has 0 aliphatic carbocycles. The van der Waals surface area contributed by atoms with Gasteiger partial charge in [0.1, 0.15) is 17.3 Å². The fourth-order valence-corrected chi connectivity index (χ4v) is 2.63. The van der Waals surface area contributed by atoms with Crippen LogP contribution >= 0.6 is 0 Å². The van der Waals surface area contributed by atoms with Crippen LogP contribution < -0.4 is 15.8 Å². The van der Waals surface area contributed by atoms with E-state index in [4.69, 9.17) is 10.5 Å². The average molecular weight is 355 g/mol. The third kappa shape index (κ3) is 3.37. The van der Waals surface area contributed by atoms with Crippen LogP contribution in [0.25, 0.3) is 10.9 Å². The van der Waals surface area contributed by atoms with Gasteiger partial charge in [0.2, 0.25) is 5.91 Å². The highest BCUT2D eigenvalue weighted by Gasteiger charge is 2.15. The molecule has 3 rings (SSSR count). The molecule has 0 bridgehead atoms. The minimum absolute atomic E-state index is 0.0126. The molecule has 0 aliphatic rings. The molecule has 7 heteroatoms. The highest BCUT2D eigenvalue weighted by Crippen LogP contribution is 2.24. The van der Waals surface area contributed by atoms with Crippen molar-refractivity contribution in [3.05, 3.63) is 59.0 Å². The van der Waals surface area contributed by atoms with Gasteiger partial charge in [-0.05, 0) is 44.2 Å². The summed E-state index contributed by atoms with van der Waals surface area (Å²) in [7, 11) is 0. The number of halogens is 1. The fraction of sp³-hybridized carbons (Fsp3) is 0.158. The van der Waals surface area contributed by atoms with E-state index in [1.54, 1.807) is 12.1 Å². The van der Waals surface area contributed by atoms with Crippen molar-refractivity contribution < 1.29 is 18.7 Å². The first-order valence-corrected chi connectivity index (χ1v) is 8.06. The van der Waals surface area contributed by atoms with Crippen LogP contribution in [0.5, 0.6) is 5.75 Å². The van der Waals surface area contributed by atoms with E-state index < -0.39 is 17.6 Å². The standard InChI is InChI=1S/C19H18FN3O3/c1-3-26-13-5-4-11-7-17(22-16(11)9-13)19(25)23-15-8-12(18(21)24)6-14(20)10(15)2/h4-9,22H,3H2,1-2H3,(H2,21,24)(H,23,25). The zero-order valence-corrected chi connectivity index (χ0v) is 14.4. The highest BCUT2D eigenvalue weighted by atomic mass is 19.1. The molecular formula is C19H18FN3O3. The molecule has 0 saturated heterocycles. The first kappa shape index (κ1) is 17.5. The lowest BCUT2D eigenvalue weighted by molar-refractivity contribution is 0.0995. The first-order valence-electron chi connectivity index (χ1n) is 8.06. The second-order valence-electron chi connectivity index (χ2n) is 5.81. The number of hydrogen-bond acceptors (Lipinski definition) is 3. The minimum atomic E-state index is -0.770. The highest BCUT2D eigenvalue weighted by molar-refractivity contribution is 6.07. The van der Waals surface area contributed by atoms with Crippen molar-refractivity contribution in [1.29, 1.82) is 0 Å². The molecule has 134 valence electrons. The molecule has 0 unspecified atom stereocenters. The molecule has 0 atom stereocenters. The van der Waals surface area contributed by atoms with Crippen LogP contribution in [0.3, 0.4) is 0 Å². The number of anilines is 1. The van der Waals surface area contributed by atoms with E-state index in [9.17, 15) is 14.0 Å². The Morgan fingerprint density at radius 2 is 2.00 bits per heavy atom. The zero-order chi connectivity index (χ0) is 18.8. The SMILES string of the molecule is CCOc1ccc2cc(C(=O)Nc3cc(C(N)=O)cc(F)c3C)[nH]c2c1. The quantitative estimate of drug-likeness (QED) is 0.654. The van der Waals surface area contributed by atoms with Gasteiger partial charge in [0.05, 0.1) is 6.61 Å². The van der Waals surface area contributed by atoms with Crippen molar-refractivity contribution in [3.63, 3.8) is 0 Å². The van der Waals surface area contributed by atoms with E-state index in [0.29, 0.717) is 18.1 Å². The molecule has 3 aromatic rings. The van der Waals surface area contributed by atoms with E-state index in [-0.39, 0.29) is 16.8 Å².